The Morgan fingerprint density at radius 3 is 2.50 bits per heavy atom. The summed E-state index contributed by atoms with van der Waals surface area (Å²) in [7, 11) is 0. The van der Waals surface area contributed by atoms with E-state index in [2.05, 4.69) is 5.32 Å². The average Bonchev–Trinajstić information content (AvgIpc) is 2.76. The molecule has 2 aromatic carbocycles. The number of carbonyl (C=O) groups excluding carboxylic acids is 2. The highest BCUT2D eigenvalue weighted by atomic mass is 16.5. The van der Waals surface area contributed by atoms with Crippen molar-refractivity contribution in [2.75, 3.05) is 16.8 Å². The van der Waals surface area contributed by atoms with Crippen LogP contribution in [0.2, 0.25) is 0 Å². The fourth-order valence-electron chi connectivity index (χ4n) is 3.22. The number of ether oxygens (including phenoxy) is 1. The van der Waals surface area contributed by atoms with Crippen LogP contribution in [0.5, 0.6) is 11.5 Å². The van der Waals surface area contributed by atoms with Gasteiger partial charge in [-0.2, -0.15) is 0 Å². The van der Waals surface area contributed by atoms with E-state index in [9.17, 15) is 9.59 Å². The monoisotopic (exact) mass is 352 g/mol. The number of anilines is 2. The van der Waals surface area contributed by atoms with Crippen LogP contribution in [0.15, 0.2) is 42.5 Å². The molecule has 1 aliphatic rings. The zero-order valence-electron chi connectivity index (χ0n) is 15.4. The summed E-state index contributed by atoms with van der Waals surface area (Å²) in [5, 5.41) is 2.92. The summed E-state index contributed by atoms with van der Waals surface area (Å²) in [5.74, 6) is 0.963. The van der Waals surface area contributed by atoms with Crippen LogP contribution in [0.3, 0.4) is 0 Å². The molecule has 0 aliphatic carbocycles. The lowest BCUT2D eigenvalue weighted by Crippen LogP contribution is -2.30. The number of rotatable bonds is 5. The third kappa shape index (κ3) is 3.29. The van der Waals surface area contributed by atoms with E-state index >= 15 is 0 Å². The standard InChI is InChI=1S/C21H24N2O3/c1-4-14(5-2)20(24)22-15-11-12-18-16(13-15)21(25)23(6-3)17-9-7-8-10-19(17)26-18/h7-14H,4-6H2,1-3H3,(H,22,24). The molecule has 5 heteroatoms. The highest BCUT2D eigenvalue weighted by Crippen LogP contribution is 2.39. The molecule has 0 bridgehead atoms. The van der Waals surface area contributed by atoms with Gasteiger partial charge in [0.15, 0.2) is 5.75 Å². The molecule has 0 radical (unpaired) electrons. The summed E-state index contributed by atoms with van der Waals surface area (Å²) >= 11 is 0. The number of para-hydroxylation sites is 2. The lowest BCUT2D eigenvalue weighted by atomic mass is 10.0. The molecular weight excluding hydrogens is 328 g/mol. The minimum atomic E-state index is -0.133. The molecule has 1 heterocycles. The van der Waals surface area contributed by atoms with E-state index in [1.807, 2.05) is 45.0 Å². The largest absolute Gasteiger partial charge is 0.454 e. The Labute approximate surface area is 154 Å². The molecule has 0 saturated heterocycles. The van der Waals surface area contributed by atoms with Gasteiger partial charge in [0.05, 0.1) is 11.3 Å². The Kier molecular flexibility index (Phi) is 5.26. The number of amides is 2. The van der Waals surface area contributed by atoms with Crippen molar-refractivity contribution in [3.8, 4) is 11.5 Å². The summed E-state index contributed by atoms with van der Waals surface area (Å²) in [6.45, 7) is 6.46. The van der Waals surface area contributed by atoms with Crippen LogP contribution in [0, 0.1) is 5.92 Å². The van der Waals surface area contributed by atoms with Crippen LogP contribution < -0.4 is 15.0 Å². The predicted molar refractivity (Wildman–Crippen MR) is 103 cm³/mol. The molecule has 0 fully saturated rings. The van der Waals surface area contributed by atoms with E-state index in [1.54, 1.807) is 23.1 Å². The first kappa shape index (κ1) is 18.0. The zero-order valence-corrected chi connectivity index (χ0v) is 15.4. The Bertz CT molecular complexity index is 828. The van der Waals surface area contributed by atoms with Crippen molar-refractivity contribution in [1.82, 2.24) is 0 Å². The second-order valence-electron chi connectivity index (χ2n) is 6.33. The summed E-state index contributed by atoms with van der Waals surface area (Å²) in [4.78, 5) is 27.1. The van der Waals surface area contributed by atoms with E-state index in [4.69, 9.17) is 4.74 Å². The second-order valence-corrected chi connectivity index (χ2v) is 6.33. The van der Waals surface area contributed by atoms with Crippen molar-refractivity contribution in [1.29, 1.82) is 0 Å². The van der Waals surface area contributed by atoms with Gasteiger partial charge in [-0.1, -0.05) is 26.0 Å². The van der Waals surface area contributed by atoms with Crippen LogP contribution in [0.4, 0.5) is 11.4 Å². The third-order valence-corrected chi connectivity index (χ3v) is 4.77. The van der Waals surface area contributed by atoms with Gasteiger partial charge in [-0.3, -0.25) is 9.59 Å². The molecule has 26 heavy (non-hydrogen) atoms. The van der Waals surface area contributed by atoms with Gasteiger partial charge in [-0.25, -0.2) is 0 Å². The molecule has 0 unspecified atom stereocenters. The smallest absolute Gasteiger partial charge is 0.262 e. The number of hydrogen-bond acceptors (Lipinski definition) is 3. The van der Waals surface area contributed by atoms with Gasteiger partial charge in [0.25, 0.3) is 5.91 Å². The SMILES string of the molecule is CCC(CC)C(=O)Nc1ccc2c(c1)C(=O)N(CC)c1ccccc1O2. The minimum Gasteiger partial charge on any atom is -0.454 e. The normalized spacial score (nSPS) is 12.9. The van der Waals surface area contributed by atoms with Crippen LogP contribution in [-0.2, 0) is 4.79 Å². The van der Waals surface area contributed by atoms with Crippen molar-refractivity contribution >= 4 is 23.2 Å². The molecule has 136 valence electrons. The van der Waals surface area contributed by atoms with Gasteiger partial charge in [-0.05, 0) is 50.1 Å². The van der Waals surface area contributed by atoms with Crippen LogP contribution in [-0.4, -0.2) is 18.4 Å². The molecule has 1 N–H and O–H groups in total. The fourth-order valence-corrected chi connectivity index (χ4v) is 3.22. The second kappa shape index (κ2) is 7.60. The topological polar surface area (TPSA) is 58.6 Å². The highest BCUT2D eigenvalue weighted by Gasteiger charge is 2.27. The Morgan fingerprint density at radius 2 is 1.81 bits per heavy atom. The molecule has 2 amide bonds. The van der Waals surface area contributed by atoms with Gasteiger partial charge < -0.3 is 15.0 Å². The van der Waals surface area contributed by atoms with Gasteiger partial charge in [-0.15, -0.1) is 0 Å². The van der Waals surface area contributed by atoms with Crippen LogP contribution in [0.1, 0.15) is 44.0 Å². The molecular formula is C21H24N2O3. The van der Waals surface area contributed by atoms with Crippen LogP contribution >= 0.6 is 0 Å². The summed E-state index contributed by atoms with van der Waals surface area (Å²) in [5.41, 5.74) is 1.81. The summed E-state index contributed by atoms with van der Waals surface area (Å²) in [6, 6.07) is 12.7. The Hall–Kier alpha value is -2.82. The number of nitrogens with zero attached hydrogens (tertiary/aromatic N) is 1. The lowest BCUT2D eigenvalue weighted by Gasteiger charge is -2.20. The number of nitrogens with one attached hydrogen (secondary N) is 1. The predicted octanol–water partition coefficient (Wildman–Crippen LogP) is 4.83. The van der Waals surface area contributed by atoms with E-state index in [0.717, 1.165) is 18.5 Å². The van der Waals surface area contributed by atoms with E-state index < -0.39 is 0 Å². The average molecular weight is 352 g/mol. The quantitative estimate of drug-likeness (QED) is 0.838. The first-order valence-electron chi connectivity index (χ1n) is 9.12. The van der Waals surface area contributed by atoms with E-state index in [-0.39, 0.29) is 17.7 Å². The number of benzene rings is 2. The third-order valence-electron chi connectivity index (χ3n) is 4.77. The minimum absolute atomic E-state index is 0.0208. The molecule has 1 aliphatic heterocycles. The van der Waals surface area contributed by atoms with Crippen molar-refractivity contribution in [2.24, 2.45) is 5.92 Å². The molecule has 5 nitrogen and oxygen atoms in total. The van der Waals surface area contributed by atoms with Gasteiger partial charge in [0.2, 0.25) is 5.91 Å². The van der Waals surface area contributed by atoms with E-state index in [0.29, 0.717) is 29.3 Å². The van der Waals surface area contributed by atoms with E-state index in [1.165, 1.54) is 0 Å². The highest BCUT2D eigenvalue weighted by molar-refractivity contribution is 6.10. The van der Waals surface area contributed by atoms with Crippen molar-refractivity contribution in [3.05, 3.63) is 48.0 Å². The van der Waals surface area contributed by atoms with Crippen molar-refractivity contribution in [2.45, 2.75) is 33.6 Å². The first-order chi connectivity index (χ1) is 12.6. The molecule has 3 rings (SSSR count). The fraction of sp³-hybridized carbons (Fsp3) is 0.333. The first-order valence-corrected chi connectivity index (χ1v) is 9.12. The van der Waals surface area contributed by atoms with Crippen LogP contribution in [0.25, 0.3) is 0 Å². The van der Waals surface area contributed by atoms with Gasteiger partial charge >= 0.3 is 0 Å². The number of carbonyl (C=O) groups is 2. The summed E-state index contributed by atoms with van der Waals surface area (Å²) < 4.78 is 5.98. The molecule has 0 spiro atoms. The van der Waals surface area contributed by atoms with Gasteiger partial charge in [0, 0.05) is 18.2 Å². The molecule has 0 atom stereocenters. The molecule has 2 aromatic rings. The van der Waals surface area contributed by atoms with Crippen molar-refractivity contribution in [3.63, 3.8) is 0 Å². The molecule has 0 aromatic heterocycles. The zero-order chi connectivity index (χ0) is 18.7. The Balaban J connectivity index is 1.96. The number of hydrogen-bond donors (Lipinski definition) is 1. The maximum atomic E-state index is 13.0. The Morgan fingerprint density at radius 1 is 1.08 bits per heavy atom. The lowest BCUT2D eigenvalue weighted by molar-refractivity contribution is -0.120. The van der Waals surface area contributed by atoms with Crippen molar-refractivity contribution < 1.29 is 14.3 Å². The summed E-state index contributed by atoms with van der Waals surface area (Å²) in [6.07, 6.45) is 1.57. The number of fused-ring (bicyclic) bond motifs is 2. The maximum absolute atomic E-state index is 13.0. The molecule has 0 saturated carbocycles. The van der Waals surface area contributed by atoms with Gasteiger partial charge in [0.1, 0.15) is 5.75 Å². The maximum Gasteiger partial charge on any atom is 0.262 e.